The van der Waals surface area contributed by atoms with Crippen molar-refractivity contribution in [1.82, 2.24) is 0 Å². The van der Waals surface area contributed by atoms with Crippen LogP contribution in [-0.2, 0) is 0 Å². The van der Waals surface area contributed by atoms with Gasteiger partial charge >= 0.3 is 0 Å². The highest BCUT2D eigenvalue weighted by molar-refractivity contribution is 9.09. The molecular formula is C12H16BrCl. The molecule has 2 heteroatoms. The summed E-state index contributed by atoms with van der Waals surface area (Å²) >= 11 is 9.54. The van der Waals surface area contributed by atoms with Crippen molar-refractivity contribution in [3.8, 4) is 0 Å². The van der Waals surface area contributed by atoms with Crippen LogP contribution in [0.1, 0.15) is 37.6 Å². The van der Waals surface area contributed by atoms with E-state index in [1.165, 1.54) is 5.56 Å². The SMILES string of the molecule is CC(C)(C)CC(Br)c1ccc(Cl)cc1. The molecular weight excluding hydrogens is 259 g/mol. The molecule has 1 aromatic carbocycles. The molecule has 1 atom stereocenters. The first-order valence-electron chi connectivity index (χ1n) is 4.78. The molecule has 0 aliphatic carbocycles. The molecule has 0 amide bonds. The Morgan fingerprint density at radius 3 is 2.14 bits per heavy atom. The first kappa shape index (κ1) is 12.1. The average Bonchev–Trinajstić information content (AvgIpc) is 2.02. The van der Waals surface area contributed by atoms with Crippen LogP contribution in [0.4, 0.5) is 0 Å². The van der Waals surface area contributed by atoms with E-state index in [1.807, 2.05) is 12.1 Å². The zero-order chi connectivity index (χ0) is 10.8. The van der Waals surface area contributed by atoms with Crippen molar-refractivity contribution in [2.24, 2.45) is 5.41 Å². The van der Waals surface area contributed by atoms with Crippen molar-refractivity contribution >= 4 is 27.5 Å². The molecule has 0 bridgehead atoms. The van der Waals surface area contributed by atoms with E-state index in [2.05, 4.69) is 48.8 Å². The molecule has 0 radical (unpaired) electrons. The molecule has 0 heterocycles. The third-order valence-corrected chi connectivity index (χ3v) is 3.13. The summed E-state index contributed by atoms with van der Waals surface area (Å²) in [7, 11) is 0. The van der Waals surface area contributed by atoms with Crippen molar-refractivity contribution in [2.75, 3.05) is 0 Å². The molecule has 0 nitrogen and oxygen atoms in total. The maximum atomic E-state index is 5.83. The first-order valence-corrected chi connectivity index (χ1v) is 6.07. The van der Waals surface area contributed by atoms with Crippen LogP contribution in [0.25, 0.3) is 0 Å². The lowest BCUT2D eigenvalue weighted by Crippen LogP contribution is -2.08. The molecule has 0 fully saturated rings. The van der Waals surface area contributed by atoms with E-state index in [9.17, 15) is 0 Å². The first-order chi connectivity index (χ1) is 6.38. The fourth-order valence-electron chi connectivity index (χ4n) is 1.33. The summed E-state index contributed by atoms with van der Waals surface area (Å²) in [5.74, 6) is 0. The Morgan fingerprint density at radius 1 is 1.21 bits per heavy atom. The molecule has 14 heavy (non-hydrogen) atoms. The monoisotopic (exact) mass is 274 g/mol. The Kier molecular flexibility index (Phi) is 4.03. The van der Waals surface area contributed by atoms with Crippen molar-refractivity contribution in [3.05, 3.63) is 34.9 Å². The van der Waals surface area contributed by atoms with Gasteiger partial charge < -0.3 is 0 Å². The van der Waals surface area contributed by atoms with Gasteiger partial charge in [-0.15, -0.1) is 0 Å². The highest BCUT2D eigenvalue weighted by atomic mass is 79.9. The van der Waals surface area contributed by atoms with E-state index < -0.39 is 0 Å². The van der Waals surface area contributed by atoms with Gasteiger partial charge in [0.1, 0.15) is 0 Å². The summed E-state index contributed by atoms with van der Waals surface area (Å²) in [6.45, 7) is 6.74. The van der Waals surface area contributed by atoms with Crippen LogP contribution in [0.5, 0.6) is 0 Å². The fourth-order valence-corrected chi connectivity index (χ4v) is 2.73. The summed E-state index contributed by atoms with van der Waals surface area (Å²) in [6, 6.07) is 8.03. The Bertz CT molecular complexity index is 284. The van der Waals surface area contributed by atoms with Crippen molar-refractivity contribution in [2.45, 2.75) is 32.0 Å². The maximum Gasteiger partial charge on any atom is 0.0406 e. The van der Waals surface area contributed by atoms with Gasteiger partial charge in [0.05, 0.1) is 0 Å². The smallest absolute Gasteiger partial charge is 0.0406 e. The van der Waals surface area contributed by atoms with Gasteiger partial charge in [0.2, 0.25) is 0 Å². The molecule has 0 aliphatic rings. The lowest BCUT2D eigenvalue weighted by atomic mass is 9.88. The summed E-state index contributed by atoms with van der Waals surface area (Å²) in [4.78, 5) is 0.416. The quantitative estimate of drug-likeness (QED) is 0.650. The molecule has 1 unspecified atom stereocenters. The molecule has 0 saturated heterocycles. The van der Waals surface area contributed by atoms with E-state index >= 15 is 0 Å². The molecule has 1 aromatic rings. The minimum absolute atomic E-state index is 0.341. The molecule has 1 rings (SSSR count). The van der Waals surface area contributed by atoms with Crippen LogP contribution < -0.4 is 0 Å². The topological polar surface area (TPSA) is 0 Å². The minimum Gasteiger partial charge on any atom is -0.0843 e. The summed E-state index contributed by atoms with van der Waals surface area (Å²) < 4.78 is 0. The van der Waals surface area contributed by atoms with Crippen molar-refractivity contribution in [1.29, 1.82) is 0 Å². The highest BCUT2D eigenvalue weighted by Gasteiger charge is 2.17. The fraction of sp³-hybridized carbons (Fsp3) is 0.500. The zero-order valence-corrected chi connectivity index (χ0v) is 11.2. The van der Waals surface area contributed by atoms with E-state index in [0.717, 1.165) is 11.4 Å². The Hall–Kier alpha value is -0.0100. The van der Waals surface area contributed by atoms with E-state index in [1.54, 1.807) is 0 Å². The second-order valence-electron chi connectivity index (χ2n) is 4.78. The number of benzene rings is 1. The van der Waals surface area contributed by atoms with E-state index in [-0.39, 0.29) is 0 Å². The van der Waals surface area contributed by atoms with Gasteiger partial charge in [-0.05, 0) is 29.5 Å². The number of hydrogen-bond donors (Lipinski definition) is 0. The van der Waals surface area contributed by atoms with Crippen LogP contribution in [0.3, 0.4) is 0 Å². The van der Waals surface area contributed by atoms with Gasteiger partial charge in [0.25, 0.3) is 0 Å². The predicted molar refractivity (Wildman–Crippen MR) is 67.2 cm³/mol. The predicted octanol–water partition coefficient (Wildman–Crippen LogP) is 5.21. The number of halogens is 2. The van der Waals surface area contributed by atoms with Crippen molar-refractivity contribution in [3.63, 3.8) is 0 Å². The number of rotatable bonds is 2. The largest absolute Gasteiger partial charge is 0.0843 e. The summed E-state index contributed by atoms with van der Waals surface area (Å²) in [5.41, 5.74) is 1.64. The van der Waals surface area contributed by atoms with Gasteiger partial charge in [-0.25, -0.2) is 0 Å². The highest BCUT2D eigenvalue weighted by Crippen LogP contribution is 2.35. The van der Waals surface area contributed by atoms with Gasteiger partial charge in [-0.2, -0.15) is 0 Å². The van der Waals surface area contributed by atoms with Gasteiger partial charge in [-0.3, -0.25) is 0 Å². The standard InChI is InChI=1S/C12H16BrCl/c1-12(2,3)8-11(13)9-4-6-10(14)7-5-9/h4-7,11H,8H2,1-3H3. The molecule has 0 aliphatic heterocycles. The maximum absolute atomic E-state index is 5.83. The summed E-state index contributed by atoms with van der Waals surface area (Å²) in [5, 5.41) is 0.796. The van der Waals surface area contributed by atoms with Crippen LogP contribution in [0.2, 0.25) is 5.02 Å². The van der Waals surface area contributed by atoms with Gasteiger partial charge in [0.15, 0.2) is 0 Å². The average molecular weight is 276 g/mol. The molecule has 0 aromatic heterocycles. The molecule has 0 N–H and O–H groups in total. The molecule has 0 spiro atoms. The molecule has 0 saturated carbocycles. The van der Waals surface area contributed by atoms with E-state index in [4.69, 9.17) is 11.6 Å². The Balaban J connectivity index is 2.70. The number of alkyl halides is 1. The van der Waals surface area contributed by atoms with Crippen LogP contribution >= 0.6 is 27.5 Å². The Labute approximate surface area is 99.8 Å². The van der Waals surface area contributed by atoms with Crippen LogP contribution in [0.15, 0.2) is 24.3 Å². The van der Waals surface area contributed by atoms with Crippen LogP contribution in [0, 0.1) is 5.41 Å². The van der Waals surface area contributed by atoms with Gasteiger partial charge in [-0.1, -0.05) is 60.4 Å². The lowest BCUT2D eigenvalue weighted by molar-refractivity contribution is 0.377. The third-order valence-electron chi connectivity index (χ3n) is 2.02. The Morgan fingerprint density at radius 2 is 1.71 bits per heavy atom. The molecule has 78 valence electrons. The second kappa shape index (κ2) is 4.67. The second-order valence-corrected chi connectivity index (χ2v) is 6.33. The lowest BCUT2D eigenvalue weighted by Gasteiger charge is -2.22. The van der Waals surface area contributed by atoms with E-state index in [0.29, 0.717) is 10.2 Å². The zero-order valence-electron chi connectivity index (χ0n) is 8.85. The number of hydrogen-bond acceptors (Lipinski definition) is 0. The third kappa shape index (κ3) is 4.02. The minimum atomic E-state index is 0.341. The summed E-state index contributed by atoms with van der Waals surface area (Å²) in [6.07, 6.45) is 1.12. The van der Waals surface area contributed by atoms with Crippen molar-refractivity contribution < 1.29 is 0 Å². The normalized spacial score (nSPS) is 14.1. The van der Waals surface area contributed by atoms with Crippen LogP contribution in [-0.4, -0.2) is 0 Å². The van der Waals surface area contributed by atoms with Gasteiger partial charge in [0, 0.05) is 9.85 Å².